The largest absolute Gasteiger partial charge is 0.377 e. The van der Waals surface area contributed by atoms with Crippen molar-refractivity contribution >= 4 is 6.01 Å². The van der Waals surface area contributed by atoms with Crippen LogP contribution in [-0.2, 0) is 11.3 Å². The first kappa shape index (κ1) is 16.3. The lowest BCUT2D eigenvalue weighted by atomic mass is 9.91. The minimum absolute atomic E-state index is 0.00178. The van der Waals surface area contributed by atoms with Gasteiger partial charge in [0.2, 0.25) is 0 Å². The van der Waals surface area contributed by atoms with Crippen molar-refractivity contribution in [1.29, 1.82) is 0 Å². The zero-order valence-corrected chi connectivity index (χ0v) is 14.4. The van der Waals surface area contributed by atoms with Crippen LogP contribution < -0.4 is 10.9 Å². The number of rotatable bonds is 6. The topological polar surface area (TPSA) is 95.1 Å². The molecule has 0 amide bonds. The highest BCUT2D eigenvalue weighted by Gasteiger charge is 2.28. The SMILES string of the molecule is COCc1noc(NC2CCC(n3nc(C4CC4)ccc3=O)CC2)n1. The molecule has 1 N–H and O–H groups in total. The fraction of sp³-hybridized carbons (Fsp3) is 0.647. The van der Waals surface area contributed by atoms with Gasteiger partial charge < -0.3 is 14.6 Å². The van der Waals surface area contributed by atoms with Gasteiger partial charge >= 0.3 is 6.01 Å². The van der Waals surface area contributed by atoms with Crippen LogP contribution in [0.1, 0.15) is 62.0 Å². The number of anilines is 1. The number of nitrogens with one attached hydrogen (secondary N) is 1. The molecule has 0 saturated heterocycles. The van der Waals surface area contributed by atoms with E-state index in [1.54, 1.807) is 17.9 Å². The van der Waals surface area contributed by atoms with E-state index in [9.17, 15) is 4.79 Å². The molecule has 0 unspecified atom stereocenters. The molecule has 8 heteroatoms. The van der Waals surface area contributed by atoms with E-state index in [0.717, 1.165) is 31.4 Å². The van der Waals surface area contributed by atoms with Gasteiger partial charge in [-0.15, -0.1) is 0 Å². The first-order valence-corrected chi connectivity index (χ1v) is 8.91. The van der Waals surface area contributed by atoms with E-state index in [4.69, 9.17) is 9.26 Å². The minimum Gasteiger partial charge on any atom is -0.377 e. The number of aromatic nitrogens is 4. The maximum absolute atomic E-state index is 12.2. The van der Waals surface area contributed by atoms with E-state index in [1.165, 1.54) is 12.8 Å². The van der Waals surface area contributed by atoms with Crippen LogP contribution in [0.3, 0.4) is 0 Å². The van der Waals surface area contributed by atoms with Gasteiger partial charge in [0.25, 0.3) is 5.56 Å². The Morgan fingerprint density at radius 2 is 2.04 bits per heavy atom. The van der Waals surface area contributed by atoms with Gasteiger partial charge in [-0.25, -0.2) is 4.68 Å². The van der Waals surface area contributed by atoms with E-state index in [1.807, 2.05) is 6.07 Å². The van der Waals surface area contributed by atoms with Crippen LogP contribution in [0, 0.1) is 0 Å². The van der Waals surface area contributed by atoms with E-state index in [2.05, 4.69) is 20.6 Å². The second-order valence-electron chi connectivity index (χ2n) is 6.91. The highest BCUT2D eigenvalue weighted by atomic mass is 16.5. The molecule has 2 saturated carbocycles. The summed E-state index contributed by atoms with van der Waals surface area (Å²) in [7, 11) is 1.60. The molecule has 0 spiro atoms. The van der Waals surface area contributed by atoms with Crippen molar-refractivity contribution in [3.63, 3.8) is 0 Å². The molecule has 2 aromatic rings. The quantitative estimate of drug-likeness (QED) is 0.858. The fourth-order valence-electron chi connectivity index (χ4n) is 3.44. The van der Waals surface area contributed by atoms with Crippen molar-refractivity contribution in [3.05, 3.63) is 34.0 Å². The van der Waals surface area contributed by atoms with Gasteiger partial charge in [-0.05, 0) is 44.6 Å². The molecule has 2 heterocycles. The first-order valence-electron chi connectivity index (χ1n) is 8.91. The standard InChI is InChI=1S/C17H23N5O3/c1-24-10-15-19-17(25-21-15)18-12-4-6-13(7-5-12)22-16(23)9-8-14(20-22)11-2-3-11/h8-9,11-13H,2-7,10H2,1H3,(H,18,19,21). The molecule has 8 nitrogen and oxygen atoms in total. The van der Waals surface area contributed by atoms with Crippen LogP contribution in [0.2, 0.25) is 0 Å². The normalized spacial score (nSPS) is 23.6. The van der Waals surface area contributed by atoms with Crippen LogP contribution in [0.25, 0.3) is 0 Å². The van der Waals surface area contributed by atoms with Crippen molar-refractivity contribution in [2.24, 2.45) is 0 Å². The Kier molecular flexibility index (Phi) is 4.52. The summed E-state index contributed by atoms with van der Waals surface area (Å²) < 4.78 is 11.9. The zero-order valence-electron chi connectivity index (χ0n) is 14.4. The van der Waals surface area contributed by atoms with Crippen molar-refractivity contribution in [3.8, 4) is 0 Å². The lowest BCUT2D eigenvalue weighted by Crippen LogP contribution is -2.33. The van der Waals surface area contributed by atoms with Crippen molar-refractivity contribution in [1.82, 2.24) is 19.9 Å². The summed E-state index contributed by atoms with van der Waals surface area (Å²) in [5, 5.41) is 11.8. The number of nitrogens with zero attached hydrogens (tertiary/aromatic N) is 4. The minimum atomic E-state index is 0.00178. The number of hydrogen-bond donors (Lipinski definition) is 1. The summed E-state index contributed by atoms with van der Waals surface area (Å²) in [5.74, 6) is 1.09. The summed E-state index contributed by atoms with van der Waals surface area (Å²) in [6.07, 6.45) is 6.09. The molecule has 134 valence electrons. The average Bonchev–Trinajstić information content (AvgIpc) is 3.38. The van der Waals surface area contributed by atoms with Crippen LogP contribution in [0.4, 0.5) is 6.01 Å². The lowest BCUT2D eigenvalue weighted by Gasteiger charge is -2.29. The molecule has 0 atom stereocenters. The predicted octanol–water partition coefficient (Wildman–Crippen LogP) is 2.25. The Bertz CT molecular complexity index is 775. The third kappa shape index (κ3) is 3.73. The second kappa shape index (κ2) is 6.95. The van der Waals surface area contributed by atoms with Gasteiger partial charge in [-0.2, -0.15) is 10.1 Å². The monoisotopic (exact) mass is 345 g/mol. The molecule has 0 aliphatic heterocycles. The zero-order chi connectivity index (χ0) is 17.2. The molecular weight excluding hydrogens is 322 g/mol. The Morgan fingerprint density at radius 3 is 2.76 bits per heavy atom. The van der Waals surface area contributed by atoms with Gasteiger partial charge in [0, 0.05) is 25.1 Å². The molecule has 0 bridgehead atoms. The molecule has 2 aromatic heterocycles. The number of methoxy groups -OCH3 is 1. The number of ether oxygens (including phenoxy) is 1. The Balaban J connectivity index is 1.36. The second-order valence-corrected chi connectivity index (χ2v) is 6.91. The van der Waals surface area contributed by atoms with Crippen molar-refractivity contribution in [2.45, 2.75) is 63.1 Å². The van der Waals surface area contributed by atoms with E-state index >= 15 is 0 Å². The molecule has 2 aliphatic rings. The molecular formula is C17H23N5O3. The maximum atomic E-state index is 12.2. The molecule has 2 aliphatic carbocycles. The third-order valence-corrected chi connectivity index (χ3v) is 4.95. The van der Waals surface area contributed by atoms with Gasteiger partial charge in [0.05, 0.1) is 11.7 Å². The van der Waals surface area contributed by atoms with Crippen LogP contribution in [0.5, 0.6) is 0 Å². The molecule has 0 radical (unpaired) electrons. The fourth-order valence-corrected chi connectivity index (χ4v) is 3.44. The van der Waals surface area contributed by atoms with Crippen LogP contribution in [-0.4, -0.2) is 33.1 Å². The first-order chi connectivity index (χ1) is 12.2. The smallest absolute Gasteiger partial charge is 0.321 e. The lowest BCUT2D eigenvalue weighted by molar-refractivity contribution is 0.174. The number of hydrogen-bond acceptors (Lipinski definition) is 7. The maximum Gasteiger partial charge on any atom is 0.321 e. The summed E-state index contributed by atoms with van der Waals surface area (Å²) >= 11 is 0. The Morgan fingerprint density at radius 1 is 1.24 bits per heavy atom. The van der Waals surface area contributed by atoms with Gasteiger partial charge in [0.1, 0.15) is 6.61 Å². The van der Waals surface area contributed by atoms with Crippen molar-refractivity contribution < 1.29 is 9.26 Å². The molecule has 0 aromatic carbocycles. The highest BCUT2D eigenvalue weighted by molar-refractivity contribution is 5.21. The molecule has 2 fully saturated rings. The summed E-state index contributed by atoms with van der Waals surface area (Å²) in [6.45, 7) is 0.337. The summed E-state index contributed by atoms with van der Waals surface area (Å²) in [5.41, 5.74) is 1.07. The third-order valence-electron chi connectivity index (χ3n) is 4.95. The molecule has 25 heavy (non-hydrogen) atoms. The van der Waals surface area contributed by atoms with E-state index in [0.29, 0.717) is 24.4 Å². The molecule has 4 rings (SSSR count). The average molecular weight is 345 g/mol. The van der Waals surface area contributed by atoms with Crippen molar-refractivity contribution in [2.75, 3.05) is 12.4 Å². The van der Waals surface area contributed by atoms with Crippen LogP contribution in [0.15, 0.2) is 21.5 Å². The van der Waals surface area contributed by atoms with Gasteiger partial charge in [0.15, 0.2) is 5.82 Å². The van der Waals surface area contributed by atoms with E-state index in [-0.39, 0.29) is 17.6 Å². The Hall–Kier alpha value is -2.22. The van der Waals surface area contributed by atoms with Gasteiger partial charge in [-0.3, -0.25) is 4.79 Å². The predicted molar refractivity (Wildman–Crippen MR) is 90.4 cm³/mol. The van der Waals surface area contributed by atoms with Gasteiger partial charge in [-0.1, -0.05) is 5.16 Å². The summed E-state index contributed by atoms with van der Waals surface area (Å²) in [4.78, 5) is 16.4. The van der Waals surface area contributed by atoms with E-state index < -0.39 is 0 Å². The summed E-state index contributed by atoms with van der Waals surface area (Å²) in [6, 6.07) is 4.43. The highest BCUT2D eigenvalue weighted by Crippen LogP contribution is 2.38. The Labute approximate surface area is 145 Å². The van der Waals surface area contributed by atoms with Crippen LogP contribution >= 0.6 is 0 Å².